The molecule has 0 saturated heterocycles. The predicted octanol–water partition coefficient (Wildman–Crippen LogP) is -0.651. The van der Waals surface area contributed by atoms with Crippen LogP contribution in [-0.4, -0.2) is 64.9 Å². The molecule has 0 aromatic carbocycles. The number of carboxylic acid groups (broad SMARTS) is 1. The molecule has 2 rings (SSSR count). The molecule has 108 valence electrons. The van der Waals surface area contributed by atoms with Crippen molar-refractivity contribution in [3.8, 4) is 0 Å². The van der Waals surface area contributed by atoms with Gasteiger partial charge in [-0.25, -0.2) is 4.79 Å². The van der Waals surface area contributed by atoms with Crippen LogP contribution in [0.3, 0.4) is 0 Å². The first-order valence-electron chi connectivity index (χ1n) is 6.19. The molecule has 0 amide bonds. The molecular weight excluding hydrogens is 254 g/mol. The third-order valence-electron chi connectivity index (χ3n) is 3.58. The average molecular weight is 273 g/mol. The third kappa shape index (κ3) is 2.34. The standard InChI is InChI=1S/C12H19NO6/c1-13(2)19-10-7-3-4-8(11(16)17)18-12(7,10)9(15)5-6-14/h4,7,9-10,14-15H,3,5-6H2,1-2H3,(H,16,17)/t7-,9+,10?,12-/m0/s1. The summed E-state index contributed by atoms with van der Waals surface area (Å²) in [4.78, 5) is 16.5. The Kier molecular flexibility index (Phi) is 3.82. The number of hydrogen-bond donors (Lipinski definition) is 3. The fraction of sp³-hybridized carbons (Fsp3) is 0.750. The molecule has 7 heteroatoms. The first-order valence-corrected chi connectivity index (χ1v) is 6.19. The Labute approximate surface area is 111 Å². The van der Waals surface area contributed by atoms with Gasteiger partial charge in [0.05, 0.1) is 6.10 Å². The zero-order valence-electron chi connectivity index (χ0n) is 10.9. The van der Waals surface area contributed by atoms with E-state index in [-0.39, 0.29) is 24.7 Å². The first-order chi connectivity index (χ1) is 8.93. The second-order valence-corrected chi connectivity index (χ2v) is 5.04. The second kappa shape index (κ2) is 5.09. The highest BCUT2D eigenvalue weighted by Crippen LogP contribution is 2.58. The van der Waals surface area contributed by atoms with Crippen molar-refractivity contribution in [1.29, 1.82) is 0 Å². The molecule has 0 spiro atoms. The van der Waals surface area contributed by atoms with E-state index in [1.165, 1.54) is 11.1 Å². The van der Waals surface area contributed by atoms with Gasteiger partial charge in [-0.1, -0.05) is 0 Å². The molecule has 0 radical (unpaired) electrons. The molecule has 0 aromatic rings. The lowest BCUT2D eigenvalue weighted by Gasteiger charge is -2.28. The van der Waals surface area contributed by atoms with E-state index in [0.29, 0.717) is 6.42 Å². The summed E-state index contributed by atoms with van der Waals surface area (Å²) in [6.07, 6.45) is 0.725. The number of fused-ring (bicyclic) bond motifs is 1. The van der Waals surface area contributed by atoms with Crippen molar-refractivity contribution in [2.75, 3.05) is 20.7 Å². The van der Waals surface area contributed by atoms with Crippen LogP contribution in [0.5, 0.6) is 0 Å². The third-order valence-corrected chi connectivity index (χ3v) is 3.58. The van der Waals surface area contributed by atoms with Crippen LogP contribution in [0, 0.1) is 5.92 Å². The predicted molar refractivity (Wildman–Crippen MR) is 63.9 cm³/mol. The van der Waals surface area contributed by atoms with Gasteiger partial charge in [-0.05, 0) is 12.5 Å². The lowest BCUT2D eigenvalue weighted by atomic mass is 10.0. The van der Waals surface area contributed by atoms with Gasteiger partial charge in [-0.3, -0.25) is 4.84 Å². The molecule has 1 aliphatic heterocycles. The van der Waals surface area contributed by atoms with Gasteiger partial charge in [0.25, 0.3) is 0 Å². The lowest BCUT2D eigenvalue weighted by molar-refractivity contribution is -0.171. The highest BCUT2D eigenvalue weighted by atomic mass is 16.7. The molecule has 1 fully saturated rings. The normalized spacial score (nSPS) is 34.3. The quantitative estimate of drug-likeness (QED) is 0.553. The molecule has 2 aliphatic rings. The van der Waals surface area contributed by atoms with Crippen molar-refractivity contribution in [1.82, 2.24) is 5.06 Å². The number of aliphatic carboxylic acids is 1. The fourth-order valence-electron chi connectivity index (χ4n) is 2.70. The molecule has 4 atom stereocenters. The Hall–Kier alpha value is -1.15. The topological polar surface area (TPSA) is 99.5 Å². The largest absolute Gasteiger partial charge is 0.475 e. The number of hydroxylamine groups is 2. The molecule has 3 N–H and O–H groups in total. The molecule has 1 aliphatic carbocycles. The number of aliphatic hydroxyl groups is 2. The minimum atomic E-state index is -1.16. The summed E-state index contributed by atoms with van der Waals surface area (Å²) in [5, 5.41) is 29.6. The van der Waals surface area contributed by atoms with Gasteiger partial charge in [0, 0.05) is 33.0 Å². The monoisotopic (exact) mass is 273 g/mol. The number of allylic oxidation sites excluding steroid dienone is 1. The highest BCUT2D eigenvalue weighted by molar-refractivity contribution is 5.84. The molecule has 7 nitrogen and oxygen atoms in total. The summed E-state index contributed by atoms with van der Waals surface area (Å²) in [6.45, 7) is -0.195. The zero-order chi connectivity index (χ0) is 14.2. The van der Waals surface area contributed by atoms with E-state index in [9.17, 15) is 9.90 Å². The van der Waals surface area contributed by atoms with Crippen LogP contribution in [0.15, 0.2) is 11.8 Å². The molecular formula is C12H19NO6. The average Bonchev–Trinajstić information content (AvgIpc) is 2.97. The number of nitrogens with zero attached hydrogens (tertiary/aromatic N) is 1. The van der Waals surface area contributed by atoms with Gasteiger partial charge in [-0.2, -0.15) is 5.06 Å². The van der Waals surface area contributed by atoms with E-state index in [2.05, 4.69) is 0 Å². The van der Waals surface area contributed by atoms with Crippen molar-refractivity contribution < 1.29 is 29.7 Å². The van der Waals surface area contributed by atoms with E-state index in [1.807, 2.05) is 0 Å². The van der Waals surface area contributed by atoms with Crippen LogP contribution in [-0.2, 0) is 14.4 Å². The van der Waals surface area contributed by atoms with Gasteiger partial charge in [0.1, 0.15) is 6.10 Å². The van der Waals surface area contributed by atoms with E-state index < -0.39 is 23.8 Å². The summed E-state index contributed by atoms with van der Waals surface area (Å²) in [5.74, 6) is -1.43. The van der Waals surface area contributed by atoms with Gasteiger partial charge in [0.2, 0.25) is 5.76 Å². The van der Waals surface area contributed by atoms with Crippen molar-refractivity contribution in [2.45, 2.75) is 30.7 Å². The van der Waals surface area contributed by atoms with Crippen LogP contribution >= 0.6 is 0 Å². The maximum absolute atomic E-state index is 11.0. The summed E-state index contributed by atoms with van der Waals surface area (Å²) in [6, 6.07) is 0. The zero-order valence-corrected chi connectivity index (χ0v) is 10.9. The second-order valence-electron chi connectivity index (χ2n) is 5.04. The summed E-state index contributed by atoms with van der Waals surface area (Å²) >= 11 is 0. The van der Waals surface area contributed by atoms with Gasteiger partial charge in [-0.15, -0.1) is 0 Å². The van der Waals surface area contributed by atoms with Crippen molar-refractivity contribution in [3.63, 3.8) is 0 Å². The van der Waals surface area contributed by atoms with Crippen molar-refractivity contribution in [2.24, 2.45) is 5.92 Å². The molecule has 0 aromatic heterocycles. The number of carbonyl (C=O) groups is 1. The number of hydrogen-bond acceptors (Lipinski definition) is 6. The van der Waals surface area contributed by atoms with Crippen LogP contribution in [0.1, 0.15) is 12.8 Å². The smallest absolute Gasteiger partial charge is 0.370 e. The molecule has 1 unspecified atom stereocenters. The van der Waals surface area contributed by atoms with Crippen LogP contribution in [0.2, 0.25) is 0 Å². The van der Waals surface area contributed by atoms with Crippen molar-refractivity contribution in [3.05, 3.63) is 11.8 Å². The highest BCUT2D eigenvalue weighted by Gasteiger charge is 2.74. The lowest BCUT2D eigenvalue weighted by Crippen LogP contribution is -2.40. The Morgan fingerprint density at radius 2 is 2.37 bits per heavy atom. The Morgan fingerprint density at radius 3 is 2.89 bits per heavy atom. The van der Waals surface area contributed by atoms with Crippen LogP contribution in [0.25, 0.3) is 0 Å². The Bertz CT molecular complexity index is 396. The minimum Gasteiger partial charge on any atom is -0.475 e. The number of ether oxygens (including phenoxy) is 1. The minimum absolute atomic E-state index is 0.0976. The first kappa shape index (κ1) is 14.3. The Morgan fingerprint density at radius 1 is 1.68 bits per heavy atom. The molecule has 19 heavy (non-hydrogen) atoms. The van der Waals surface area contributed by atoms with Gasteiger partial charge < -0.3 is 20.1 Å². The van der Waals surface area contributed by atoms with Crippen molar-refractivity contribution >= 4 is 5.97 Å². The maximum Gasteiger partial charge on any atom is 0.370 e. The van der Waals surface area contributed by atoms with E-state index >= 15 is 0 Å². The Balaban J connectivity index is 2.18. The van der Waals surface area contributed by atoms with Gasteiger partial charge >= 0.3 is 5.97 Å². The SMILES string of the molecule is CN(C)OC1[C@@H]2CC=C(C(=O)O)O[C@@]12[C@H](O)CCO. The van der Waals surface area contributed by atoms with E-state index in [4.69, 9.17) is 19.8 Å². The fourth-order valence-corrected chi connectivity index (χ4v) is 2.70. The molecule has 1 heterocycles. The maximum atomic E-state index is 11.0. The van der Waals surface area contributed by atoms with Crippen LogP contribution < -0.4 is 0 Å². The number of aliphatic hydroxyl groups excluding tert-OH is 2. The summed E-state index contributed by atoms with van der Waals surface area (Å²) < 4.78 is 5.49. The summed E-state index contributed by atoms with van der Waals surface area (Å²) in [7, 11) is 3.42. The van der Waals surface area contributed by atoms with Gasteiger partial charge in [0.15, 0.2) is 5.60 Å². The van der Waals surface area contributed by atoms with E-state index in [1.54, 1.807) is 14.1 Å². The van der Waals surface area contributed by atoms with Crippen LogP contribution in [0.4, 0.5) is 0 Å². The molecule has 0 bridgehead atoms. The number of carboxylic acids is 1. The summed E-state index contributed by atoms with van der Waals surface area (Å²) in [5.41, 5.74) is -1.06. The number of rotatable bonds is 6. The molecule has 1 saturated carbocycles. The van der Waals surface area contributed by atoms with E-state index in [0.717, 1.165) is 0 Å².